The monoisotopic (exact) mass is 228 g/mol. The lowest BCUT2D eigenvalue weighted by molar-refractivity contribution is 0.0994. The van der Waals surface area contributed by atoms with Crippen molar-refractivity contribution in [2.24, 2.45) is 0 Å². The molecule has 1 heterocycles. The number of benzene rings is 1. The molecule has 0 radical (unpaired) electrons. The van der Waals surface area contributed by atoms with Crippen LogP contribution in [0, 0.1) is 6.92 Å². The zero-order valence-electron chi connectivity index (χ0n) is 9.12. The quantitative estimate of drug-likeness (QED) is 0.724. The van der Waals surface area contributed by atoms with Gasteiger partial charge in [-0.1, -0.05) is 18.2 Å². The molecule has 0 saturated carbocycles. The molecule has 2 aromatic rings. The molecule has 0 atom stereocenters. The van der Waals surface area contributed by atoms with E-state index in [-0.39, 0.29) is 0 Å². The van der Waals surface area contributed by atoms with Gasteiger partial charge in [-0.3, -0.25) is 4.79 Å². The Labute approximate surface area is 98.7 Å². The third kappa shape index (κ3) is 1.50. The van der Waals surface area contributed by atoms with Gasteiger partial charge in [-0.2, -0.15) is 0 Å². The number of rotatable bonds is 1. The number of aryl methyl sites for hydroxylation is 2. The molecule has 1 nitrogen and oxygen atoms in total. The smallest absolute Gasteiger partial charge is 0.163 e. The minimum absolute atomic E-state index is 0.294. The van der Waals surface area contributed by atoms with Gasteiger partial charge >= 0.3 is 0 Å². The molecule has 0 unspecified atom stereocenters. The van der Waals surface area contributed by atoms with E-state index in [4.69, 9.17) is 0 Å². The normalized spacial score (nSPS) is 14.2. The van der Waals surface area contributed by atoms with E-state index in [1.807, 2.05) is 6.07 Å². The third-order valence-electron chi connectivity index (χ3n) is 3.09. The number of carbonyl (C=O) groups excluding carboxylic acids is 1. The zero-order valence-corrected chi connectivity index (χ0v) is 9.93. The maximum absolute atomic E-state index is 11.5. The summed E-state index contributed by atoms with van der Waals surface area (Å²) >= 11 is 1.77. The molecule has 0 fully saturated rings. The second kappa shape index (κ2) is 3.56. The number of carbonyl (C=O) groups is 1. The molecule has 0 amide bonds. The van der Waals surface area contributed by atoms with Crippen molar-refractivity contribution in [3.05, 3.63) is 45.6 Å². The van der Waals surface area contributed by atoms with E-state index in [0.29, 0.717) is 12.2 Å². The van der Waals surface area contributed by atoms with Gasteiger partial charge in [-0.05, 0) is 41.5 Å². The lowest BCUT2D eigenvalue weighted by atomic mass is 10.0. The number of hydrogen-bond acceptors (Lipinski definition) is 2. The van der Waals surface area contributed by atoms with E-state index >= 15 is 0 Å². The Hall–Kier alpha value is -1.41. The number of ketones is 1. The Bertz CT molecular complexity index is 566. The molecule has 80 valence electrons. The number of thiophene rings is 1. The summed E-state index contributed by atoms with van der Waals surface area (Å²) in [4.78, 5) is 12.8. The molecule has 1 aliphatic carbocycles. The van der Waals surface area contributed by atoms with Gasteiger partial charge in [0.25, 0.3) is 0 Å². The molecule has 1 aromatic carbocycles. The van der Waals surface area contributed by atoms with Gasteiger partial charge < -0.3 is 0 Å². The molecule has 1 aromatic heterocycles. The lowest BCUT2D eigenvalue weighted by Gasteiger charge is -2.01. The molecule has 3 rings (SSSR count). The van der Waals surface area contributed by atoms with Crippen molar-refractivity contribution in [3.8, 4) is 11.1 Å². The highest BCUT2D eigenvalue weighted by molar-refractivity contribution is 7.10. The molecule has 1 aliphatic rings. The zero-order chi connectivity index (χ0) is 11.1. The van der Waals surface area contributed by atoms with Gasteiger partial charge in [0.2, 0.25) is 0 Å². The van der Waals surface area contributed by atoms with Gasteiger partial charge in [0, 0.05) is 16.9 Å². The van der Waals surface area contributed by atoms with E-state index in [2.05, 4.69) is 30.5 Å². The van der Waals surface area contributed by atoms with Crippen LogP contribution >= 0.6 is 11.3 Å². The second-order valence-electron chi connectivity index (χ2n) is 4.24. The van der Waals surface area contributed by atoms with E-state index in [0.717, 1.165) is 12.0 Å². The van der Waals surface area contributed by atoms with Crippen molar-refractivity contribution in [3.63, 3.8) is 0 Å². The van der Waals surface area contributed by atoms with Crippen LogP contribution in [0.3, 0.4) is 0 Å². The maximum Gasteiger partial charge on any atom is 0.163 e. The summed E-state index contributed by atoms with van der Waals surface area (Å²) in [6, 6.07) is 8.40. The molecule has 0 saturated heterocycles. The SMILES string of the molecule is Cc1cc(-c2ccc3c(c2)CCC3=O)cs1. The molecule has 2 heteroatoms. The fourth-order valence-corrected chi connectivity index (χ4v) is 2.94. The number of Topliss-reactive ketones (excluding diaryl/α,β-unsaturated/α-hetero) is 1. The van der Waals surface area contributed by atoms with E-state index in [1.165, 1.54) is 21.6 Å². The van der Waals surface area contributed by atoms with Crippen LogP contribution in [0.4, 0.5) is 0 Å². The summed E-state index contributed by atoms with van der Waals surface area (Å²) in [6.07, 6.45) is 1.59. The van der Waals surface area contributed by atoms with Crippen LogP contribution in [0.2, 0.25) is 0 Å². The summed E-state index contributed by atoms with van der Waals surface area (Å²) in [5.41, 5.74) is 4.64. The van der Waals surface area contributed by atoms with Crippen LogP contribution in [-0.2, 0) is 6.42 Å². The van der Waals surface area contributed by atoms with Gasteiger partial charge in [0.1, 0.15) is 0 Å². The van der Waals surface area contributed by atoms with E-state index in [9.17, 15) is 4.79 Å². The fraction of sp³-hybridized carbons (Fsp3) is 0.214. The first-order valence-electron chi connectivity index (χ1n) is 5.46. The van der Waals surface area contributed by atoms with Crippen molar-refractivity contribution < 1.29 is 4.79 Å². The number of hydrogen-bond donors (Lipinski definition) is 0. The molecule has 0 spiro atoms. The van der Waals surface area contributed by atoms with Crippen molar-refractivity contribution in [1.82, 2.24) is 0 Å². The maximum atomic E-state index is 11.5. The Morgan fingerprint density at radius 1 is 1.12 bits per heavy atom. The van der Waals surface area contributed by atoms with Crippen LogP contribution in [-0.4, -0.2) is 5.78 Å². The Balaban J connectivity index is 2.08. The molecule has 0 bridgehead atoms. The third-order valence-corrected chi connectivity index (χ3v) is 3.95. The van der Waals surface area contributed by atoms with Crippen LogP contribution in [0.15, 0.2) is 29.6 Å². The number of fused-ring (bicyclic) bond motifs is 1. The summed E-state index contributed by atoms with van der Waals surface area (Å²) in [5.74, 6) is 0.294. The van der Waals surface area contributed by atoms with Crippen molar-refractivity contribution in [2.45, 2.75) is 19.8 Å². The van der Waals surface area contributed by atoms with Crippen LogP contribution < -0.4 is 0 Å². The lowest BCUT2D eigenvalue weighted by Crippen LogP contribution is -1.90. The van der Waals surface area contributed by atoms with Crippen LogP contribution in [0.5, 0.6) is 0 Å². The molecule has 16 heavy (non-hydrogen) atoms. The van der Waals surface area contributed by atoms with Crippen molar-refractivity contribution in [2.75, 3.05) is 0 Å². The molecule has 0 N–H and O–H groups in total. The summed E-state index contributed by atoms with van der Waals surface area (Å²) < 4.78 is 0. The minimum Gasteiger partial charge on any atom is -0.294 e. The summed E-state index contributed by atoms with van der Waals surface area (Å²) in [5, 5.41) is 2.17. The Kier molecular flexibility index (Phi) is 2.18. The van der Waals surface area contributed by atoms with Gasteiger partial charge in [-0.15, -0.1) is 11.3 Å². The van der Waals surface area contributed by atoms with E-state index < -0.39 is 0 Å². The highest BCUT2D eigenvalue weighted by Crippen LogP contribution is 2.30. The van der Waals surface area contributed by atoms with Crippen molar-refractivity contribution in [1.29, 1.82) is 0 Å². The Morgan fingerprint density at radius 3 is 2.75 bits per heavy atom. The average Bonchev–Trinajstić information content (AvgIpc) is 2.86. The predicted molar refractivity (Wildman–Crippen MR) is 67.1 cm³/mol. The fourth-order valence-electron chi connectivity index (χ4n) is 2.23. The first-order valence-corrected chi connectivity index (χ1v) is 6.33. The first kappa shape index (κ1) is 9.79. The van der Waals surface area contributed by atoms with Crippen LogP contribution in [0.25, 0.3) is 11.1 Å². The Morgan fingerprint density at radius 2 is 2.00 bits per heavy atom. The average molecular weight is 228 g/mol. The molecular formula is C14H12OS. The standard InChI is InChI=1S/C14H12OS/c1-9-6-12(8-16-9)10-2-4-13-11(7-10)3-5-14(13)15/h2,4,6-8H,3,5H2,1H3. The molecule has 0 aliphatic heterocycles. The minimum atomic E-state index is 0.294. The van der Waals surface area contributed by atoms with Crippen molar-refractivity contribution >= 4 is 17.1 Å². The van der Waals surface area contributed by atoms with Crippen LogP contribution in [0.1, 0.15) is 27.2 Å². The van der Waals surface area contributed by atoms with E-state index in [1.54, 1.807) is 11.3 Å². The second-order valence-corrected chi connectivity index (χ2v) is 5.36. The van der Waals surface area contributed by atoms with Gasteiger partial charge in [0.05, 0.1) is 0 Å². The highest BCUT2D eigenvalue weighted by Gasteiger charge is 2.19. The summed E-state index contributed by atoms with van der Waals surface area (Å²) in [6.45, 7) is 2.12. The van der Waals surface area contributed by atoms with Gasteiger partial charge in [-0.25, -0.2) is 0 Å². The first-order chi connectivity index (χ1) is 7.74. The topological polar surface area (TPSA) is 17.1 Å². The molecular weight excluding hydrogens is 216 g/mol. The highest BCUT2D eigenvalue weighted by atomic mass is 32.1. The summed E-state index contributed by atoms with van der Waals surface area (Å²) in [7, 11) is 0. The predicted octanol–water partition coefficient (Wildman–Crippen LogP) is 3.85. The largest absolute Gasteiger partial charge is 0.294 e. The van der Waals surface area contributed by atoms with Gasteiger partial charge in [0.15, 0.2) is 5.78 Å².